The molecule has 106 valence electrons. The van der Waals surface area contributed by atoms with Crippen molar-refractivity contribution in [3.8, 4) is 5.75 Å². The van der Waals surface area contributed by atoms with Crippen molar-refractivity contribution in [2.24, 2.45) is 0 Å². The Morgan fingerprint density at radius 2 is 2.05 bits per heavy atom. The molecular formula is C16H14N2O3. The van der Waals surface area contributed by atoms with Crippen LogP contribution in [0, 0.1) is 10.1 Å². The molecule has 5 nitrogen and oxygen atoms in total. The molecule has 1 aromatic heterocycles. The number of hydrogen-bond donors (Lipinski definition) is 0. The summed E-state index contributed by atoms with van der Waals surface area (Å²) in [5, 5.41) is 11.9. The Balaban J connectivity index is 1.99. The number of nitro groups is 1. The summed E-state index contributed by atoms with van der Waals surface area (Å²) in [5.74, 6) is 0.801. The summed E-state index contributed by atoms with van der Waals surface area (Å²) in [4.78, 5) is 10.5. The fourth-order valence-corrected chi connectivity index (χ4v) is 2.39. The first kappa shape index (κ1) is 13.2. The Morgan fingerprint density at radius 3 is 2.81 bits per heavy atom. The van der Waals surface area contributed by atoms with Crippen molar-refractivity contribution in [2.75, 3.05) is 7.11 Å². The Hall–Kier alpha value is -2.82. The second-order valence-electron chi connectivity index (χ2n) is 4.80. The van der Waals surface area contributed by atoms with Gasteiger partial charge in [0, 0.05) is 30.3 Å². The fraction of sp³-hybridized carbons (Fsp3) is 0.125. The third-order valence-electron chi connectivity index (χ3n) is 3.46. The van der Waals surface area contributed by atoms with Crippen LogP contribution in [0.4, 0.5) is 5.69 Å². The molecule has 0 aliphatic heterocycles. The van der Waals surface area contributed by atoms with E-state index in [1.54, 1.807) is 19.2 Å². The minimum absolute atomic E-state index is 0.105. The van der Waals surface area contributed by atoms with Crippen LogP contribution in [0.25, 0.3) is 10.9 Å². The first-order valence-corrected chi connectivity index (χ1v) is 6.53. The molecule has 0 amide bonds. The molecular weight excluding hydrogens is 268 g/mol. The predicted octanol–water partition coefficient (Wildman–Crippen LogP) is 3.61. The minimum Gasteiger partial charge on any atom is -0.497 e. The zero-order chi connectivity index (χ0) is 14.8. The number of nitro benzene ring substituents is 1. The molecule has 0 radical (unpaired) electrons. The molecule has 5 heteroatoms. The number of fused-ring (bicyclic) bond motifs is 1. The molecule has 0 unspecified atom stereocenters. The van der Waals surface area contributed by atoms with Gasteiger partial charge in [-0.15, -0.1) is 0 Å². The van der Waals surface area contributed by atoms with E-state index in [4.69, 9.17) is 4.74 Å². The van der Waals surface area contributed by atoms with Gasteiger partial charge >= 0.3 is 0 Å². The molecule has 0 spiro atoms. The summed E-state index contributed by atoms with van der Waals surface area (Å²) in [6.07, 6.45) is 1.94. The molecule has 0 bridgehead atoms. The maximum atomic E-state index is 10.9. The summed E-state index contributed by atoms with van der Waals surface area (Å²) in [7, 11) is 1.63. The fourth-order valence-electron chi connectivity index (χ4n) is 2.39. The molecule has 2 aromatic carbocycles. The van der Waals surface area contributed by atoms with Gasteiger partial charge in [-0.1, -0.05) is 12.1 Å². The van der Waals surface area contributed by atoms with E-state index in [2.05, 4.69) is 0 Å². The highest BCUT2D eigenvalue weighted by Gasteiger charge is 2.09. The molecule has 1 heterocycles. The lowest BCUT2D eigenvalue weighted by molar-refractivity contribution is -0.384. The van der Waals surface area contributed by atoms with Gasteiger partial charge in [0.05, 0.1) is 17.5 Å². The van der Waals surface area contributed by atoms with Crippen molar-refractivity contribution in [3.05, 3.63) is 70.4 Å². The van der Waals surface area contributed by atoms with Gasteiger partial charge in [0.25, 0.3) is 5.69 Å². The van der Waals surface area contributed by atoms with Crippen molar-refractivity contribution in [1.29, 1.82) is 0 Å². The van der Waals surface area contributed by atoms with Crippen molar-refractivity contribution >= 4 is 16.6 Å². The van der Waals surface area contributed by atoms with E-state index in [1.165, 1.54) is 6.07 Å². The normalized spacial score (nSPS) is 10.7. The standard InChI is InChI=1S/C16H14N2O3/c1-21-15-4-2-3-12(9-15)11-17-8-7-13-5-6-14(18(19)20)10-16(13)17/h2-10H,11H2,1H3. The lowest BCUT2D eigenvalue weighted by Gasteiger charge is -2.07. The van der Waals surface area contributed by atoms with Crippen molar-refractivity contribution in [3.63, 3.8) is 0 Å². The molecule has 3 aromatic rings. The molecule has 0 aliphatic carbocycles. The summed E-state index contributed by atoms with van der Waals surface area (Å²) >= 11 is 0. The Bertz CT molecular complexity index is 808. The SMILES string of the molecule is COc1cccc(Cn2ccc3ccc([N+](=O)[O-])cc32)c1. The van der Waals surface area contributed by atoms with E-state index in [0.717, 1.165) is 22.2 Å². The molecule has 0 saturated carbocycles. The smallest absolute Gasteiger partial charge is 0.271 e. The van der Waals surface area contributed by atoms with Gasteiger partial charge in [0.2, 0.25) is 0 Å². The number of non-ortho nitro benzene ring substituents is 1. The highest BCUT2D eigenvalue weighted by atomic mass is 16.6. The van der Waals surface area contributed by atoms with Crippen LogP contribution in [-0.2, 0) is 6.54 Å². The van der Waals surface area contributed by atoms with Crippen LogP contribution in [0.15, 0.2) is 54.7 Å². The van der Waals surface area contributed by atoms with E-state index in [9.17, 15) is 10.1 Å². The first-order valence-electron chi connectivity index (χ1n) is 6.53. The highest BCUT2D eigenvalue weighted by Crippen LogP contribution is 2.23. The van der Waals surface area contributed by atoms with Crippen molar-refractivity contribution < 1.29 is 9.66 Å². The van der Waals surface area contributed by atoms with E-state index in [1.807, 2.05) is 41.1 Å². The van der Waals surface area contributed by atoms with Crippen molar-refractivity contribution in [2.45, 2.75) is 6.54 Å². The van der Waals surface area contributed by atoms with Gasteiger partial charge < -0.3 is 9.30 Å². The van der Waals surface area contributed by atoms with Gasteiger partial charge in [0.15, 0.2) is 0 Å². The number of methoxy groups -OCH3 is 1. The van der Waals surface area contributed by atoms with Gasteiger partial charge in [-0.2, -0.15) is 0 Å². The summed E-state index contributed by atoms with van der Waals surface area (Å²) in [6, 6.07) is 14.7. The molecule has 0 atom stereocenters. The van der Waals surface area contributed by atoms with E-state index in [-0.39, 0.29) is 10.6 Å². The number of ether oxygens (including phenoxy) is 1. The highest BCUT2D eigenvalue weighted by molar-refractivity contribution is 5.82. The minimum atomic E-state index is -0.373. The zero-order valence-electron chi connectivity index (χ0n) is 11.5. The average Bonchev–Trinajstić information content (AvgIpc) is 2.90. The van der Waals surface area contributed by atoms with Crippen LogP contribution in [-0.4, -0.2) is 16.6 Å². The van der Waals surface area contributed by atoms with E-state index < -0.39 is 0 Å². The average molecular weight is 282 g/mol. The van der Waals surface area contributed by atoms with Crippen molar-refractivity contribution in [1.82, 2.24) is 4.57 Å². The Kier molecular flexibility index (Phi) is 3.31. The lowest BCUT2D eigenvalue weighted by Crippen LogP contribution is -1.98. The molecule has 0 aliphatic rings. The maximum absolute atomic E-state index is 10.9. The lowest BCUT2D eigenvalue weighted by atomic mass is 10.2. The van der Waals surface area contributed by atoms with Crippen LogP contribution in [0.3, 0.4) is 0 Å². The third-order valence-corrected chi connectivity index (χ3v) is 3.46. The Morgan fingerprint density at radius 1 is 1.19 bits per heavy atom. The van der Waals surface area contributed by atoms with E-state index >= 15 is 0 Å². The second kappa shape index (κ2) is 5.28. The molecule has 0 fully saturated rings. The molecule has 3 rings (SSSR count). The maximum Gasteiger partial charge on any atom is 0.271 e. The van der Waals surface area contributed by atoms with Crippen LogP contribution in [0.1, 0.15) is 5.56 Å². The van der Waals surface area contributed by atoms with Gasteiger partial charge in [-0.25, -0.2) is 0 Å². The zero-order valence-corrected chi connectivity index (χ0v) is 11.5. The quantitative estimate of drug-likeness (QED) is 0.542. The number of nitrogens with zero attached hydrogens (tertiary/aromatic N) is 2. The largest absolute Gasteiger partial charge is 0.497 e. The van der Waals surface area contributed by atoms with Gasteiger partial charge in [0.1, 0.15) is 5.75 Å². The predicted molar refractivity (Wildman–Crippen MR) is 80.7 cm³/mol. The molecule has 0 saturated heterocycles. The first-order chi connectivity index (χ1) is 10.2. The number of benzene rings is 2. The summed E-state index contributed by atoms with van der Waals surface area (Å²) in [5.41, 5.74) is 2.04. The summed E-state index contributed by atoms with van der Waals surface area (Å²) < 4.78 is 7.21. The molecule has 21 heavy (non-hydrogen) atoms. The van der Waals surface area contributed by atoms with Gasteiger partial charge in [-0.3, -0.25) is 10.1 Å². The van der Waals surface area contributed by atoms with Crippen LogP contribution >= 0.6 is 0 Å². The number of aromatic nitrogens is 1. The number of hydrogen-bond acceptors (Lipinski definition) is 3. The third kappa shape index (κ3) is 2.58. The van der Waals surface area contributed by atoms with Crippen LogP contribution in [0.5, 0.6) is 5.75 Å². The Labute approximate surface area is 121 Å². The molecule has 0 N–H and O–H groups in total. The second-order valence-corrected chi connectivity index (χ2v) is 4.80. The van der Waals surface area contributed by atoms with Gasteiger partial charge in [-0.05, 0) is 29.8 Å². The van der Waals surface area contributed by atoms with E-state index in [0.29, 0.717) is 6.54 Å². The van der Waals surface area contributed by atoms with Crippen LogP contribution in [0.2, 0.25) is 0 Å². The summed E-state index contributed by atoms with van der Waals surface area (Å²) in [6.45, 7) is 0.641. The monoisotopic (exact) mass is 282 g/mol. The number of rotatable bonds is 4. The topological polar surface area (TPSA) is 57.3 Å². The van der Waals surface area contributed by atoms with Crippen LogP contribution < -0.4 is 4.74 Å².